The second-order valence-electron chi connectivity index (χ2n) is 7.42. The third kappa shape index (κ3) is 5.44. The Morgan fingerprint density at radius 3 is 2.46 bits per heavy atom. The molecule has 1 N–H and O–H groups in total. The quantitative estimate of drug-likeness (QED) is 0.551. The van der Waals surface area contributed by atoms with E-state index in [-0.39, 0.29) is 30.2 Å². The van der Waals surface area contributed by atoms with Crippen LogP contribution in [-0.4, -0.2) is 51.4 Å². The van der Waals surface area contributed by atoms with E-state index in [1.165, 1.54) is 33.4 Å². The lowest BCUT2D eigenvalue weighted by molar-refractivity contribution is -0.139. The third-order valence-electron chi connectivity index (χ3n) is 5.35. The molecule has 1 heterocycles. The molecule has 0 aliphatic carbocycles. The van der Waals surface area contributed by atoms with Crippen LogP contribution in [0.15, 0.2) is 53.7 Å². The number of likely N-dealkylation sites (N-methyl/N-ethyl adjacent to an activating group) is 1. The van der Waals surface area contributed by atoms with Crippen LogP contribution < -0.4 is 19.5 Å². The van der Waals surface area contributed by atoms with Crippen molar-refractivity contribution in [2.24, 2.45) is 0 Å². The Kier molecular flexibility index (Phi) is 7.78. The van der Waals surface area contributed by atoms with Crippen molar-refractivity contribution in [1.29, 1.82) is 0 Å². The van der Waals surface area contributed by atoms with Gasteiger partial charge in [-0.3, -0.25) is 4.90 Å². The molecule has 2 aromatic carbocycles. The predicted molar refractivity (Wildman–Crippen MR) is 119 cm³/mol. The highest BCUT2D eigenvalue weighted by Gasteiger charge is 2.39. The van der Waals surface area contributed by atoms with Gasteiger partial charge in [-0.25, -0.2) is 9.59 Å². The van der Waals surface area contributed by atoms with Gasteiger partial charge in [0.2, 0.25) is 0 Å². The van der Waals surface area contributed by atoms with Gasteiger partial charge >= 0.3 is 18.2 Å². The topological polar surface area (TPSA) is 86.3 Å². The van der Waals surface area contributed by atoms with Crippen molar-refractivity contribution in [3.63, 3.8) is 0 Å². The fourth-order valence-corrected chi connectivity index (χ4v) is 3.67. The van der Waals surface area contributed by atoms with Crippen molar-refractivity contribution >= 4 is 12.0 Å². The summed E-state index contributed by atoms with van der Waals surface area (Å²) < 4.78 is 60.9. The van der Waals surface area contributed by atoms with Crippen molar-refractivity contribution in [2.75, 3.05) is 34.5 Å². The van der Waals surface area contributed by atoms with Crippen LogP contribution in [0.25, 0.3) is 0 Å². The van der Waals surface area contributed by atoms with E-state index in [0.717, 1.165) is 17.0 Å². The molecular weight excluding hydrogens is 469 g/mol. The highest BCUT2D eigenvalue weighted by molar-refractivity contribution is 5.95. The van der Waals surface area contributed by atoms with E-state index >= 15 is 0 Å². The highest BCUT2D eigenvalue weighted by atomic mass is 19.4. The van der Waals surface area contributed by atoms with E-state index in [9.17, 15) is 22.8 Å². The molecule has 11 heteroatoms. The van der Waals surface area contributed by atoms with Gasteiger partial charge in [0, 0.05) is 12.6 Å². The lowest BCUT2D eigenvalue weighted by Gasteiger charge is -2.35. The largest absolute Gasteiger partial charge is 0.493 e. The number of carbonyl (C=O) groups excluding carboxylic acids is 2. The maximum Gasteiger partial charge on any atom is 0.416 e. The Morgan fingerprint density at radius 1 is 1.11 bits per heavy atom. The van der Waals surface area contributed by atoms with Crippen LogP contribution in [0.1, 0.15) is 24.1 Å². The van der Waals surface area contributed by atoms with Gasteiger partial charge in [0.15, 0.2) is 11.5 Å². The Bertz CT molecular complexity index is 1130. The zero-order valence-electron chi connectivity index (χ0n) is 19.6. The summed E-state index contributed by atoms with van der Waals surface area (Å²) in [6, 6.07) is 7.75. The Morgan fingerprint density at radius 2 is 1.83 bits per heavy atom. The number of carbonyl (C=O) groups is 2. The second-order valence-corrected chi connectivity index (χ2v) is 7.42. The molecule has 1 atom stereocenters. The average Bonchev–Trinajstić information content (AvgIpc) is 2.83. The first-order valence-corrected chi connectivity index (χ1v) is 10.6. The van der Waals surface area contributed by atoms with Gasteiger partial charge in [-0.2, -0.15) is 13.2 Å². The molecule has 0 bridgehead atoms. The van der Waals surface area contributed by atoms with Crippen LogP contribution in [0.5, 0.6) is 17.2 Å². The second kappa shape index (κ2) is 10.6. The number of rotatable bonds is 8. The van der Waals surface area contributed by atoms with Crippen molar-refractivity contribution in [2.45, 2.75) is 19.1 Å². The number of ether oxygens (including phenoxy) is 4. The maximum atomic E-state index is 13.1. The molecule has 2 aromatic rings. The van der Waals surface area contributed by atoms with Gasteiger partial charge in [0.05, 0.1) is 43.7 Å². The number of urea groups is 1. The number of amides is 2. The van der Waals surface area contributed by atoms with E-state index in [4.69, 9.17) is 18.9 Å². The summed E-state index contributed by atoms with van der Waals surface area (Å²) in [5, 5.41) is 2.74. The molecule has 188 valence electrons. The van der Waals surface area contributed by atoms with Crippen molar-refractivity contribution in [3.05, 3.63) is 64.9 Å². The van der Waals surface area contributed by atoms with Crippen LogP contribution in [0, 0.1) is 0 Å². The number of methoxy groups -OCH3 is 2. The fourth-order valence-electron chi connectivity index (χ4n) is 3.67. The SMILES string of the molecule is CCOC(=O)C1=C(COc2cccc(C(F)(F)F)c2)N(C)C(=O)N[C@H]1c1cccc(OC)c1OC. The molecule has 0 aromatic heterocycles. The summed E-state index contributed by atoms with van der Waals surface area (Å²) in [6.45, 7) is 1.31. The lowest BCUT2D eigenvalue weighted by atomic mass is 9.93. The van der Waals surface area contributed by atoms with Gasteiger partial charge in [-0.15, -0.1) is 0 Å². The van der Waals surface area contributed by atoms with Crippen LogP contribution in [-0.2, 0) is 15.7 Å². The normalized spacial score (nSPS) is 16.0. The number of esters is 1. The minimum atomic E-state index is -4.55. The zero-order valence-corrected chi connectivity index (χ0v) is 19.6. The molecule has 0 saturated carbocycles. The molecule has 0 spiro atoms. The number of nitrogens with one attached hydrogen (secondary N) is 1. The van der Waals surface area contributed by atoms with Gasteiger partial charge in [0.25, 0.3) is 0 Å². The fraction of sp³-hybridized carbons (Fsp3) is 0.333. The minimum absolute atomic E-state index is 0.0486. The van der Waals surface area contributed by atoms with Crippen LogP contribution in [0.3, 0.4) is 0 Å². The molecule has 0 fully saturated rings. The van der Waals surface area contributed by atoms with E-state index in [0.29, 0.717) is 17.1 Å². The lowest BCUT2D eigenvalue weighted by Crippen LogP contribution is -2.48. The molecule has 35 heavy (non-hydrogen) atoms. The molecule has 0 radical (unpaired) electrons. The maximum absolute atomic E-state index is 13.1. The van der Waals surface area contributed by atoms with E-state index in [2.05, 4.69) is 5.32 Å². The molecule has 2 amide bonds. The molecule has 0 unspecified atom stereocenters. The van der Waals surface area contributed by atoms with Crippen LogP contribution >= 0.6 is 0 Å². The van der Waals surface area contributed by atoms with Crippen LogP contribution in [0.2, 0.25) is 0 Å². The minimum Gasteiger partial charge on any atom is -0.493 e. The summed E-state index contributed by atoms with van der Waals surface area (Å²) >= 11 is 0. The summed E-state index contributed by atoms with van der Waals surface area (Å²) in [6.07, 6.45) is -4.55. The Labute approximate surface area is 200 Å². The molecule has 1 aliphatic heterocycles. The predicted octanol–water partition coefficient (Wildman–Crippen LogP) is 4.31. The number of hydrogen-bond acceptors (Lipinski definition) is 6. The van der Waals surface area contributed by atoms with E-state index in [1.807, 2.05) is 0 Å². The summed E-state index contributed by atoms with van der Waals surface area (Å²) in [7, 11) is 4.28. The van der Waals surface area contributed by atoms with Crippen LogP contribution in [0.4, 0.5) is 18.0 Å². The standard InChI is InChI=1S/C24H25F3N2O6/c1-5-34-22(30)19-17(13-35-15-9-6-8-14(12-15)24(25,26)27)29(2)23(31)28-20(19)16-10-7-11-18(32-3)21(16)33-4/h6-12,20H,5,13H2,1-4H3,(H,28,31)/t20-/m0/s1. The van der Waals surface area contributed by atoms with Gasteiger partial charge < -0.3 is 24.3 Å². The Hall–Kier alpha value is -3.89. The first-order valence-electron chi connectivity index (χ1n) is 10.6. The number of nitrogens with zero attached hydrogens (tertiary/aromatic N) is 1. The number of alkyl halides is 3. The molecule has 1 aliphatic rings. The van der Waals surface area contributed by atoms with Crippen molar-refractivity contribution in [1.82, 2.24) is 10.2 Å². The Balaban J connectivity index is 2.09. The van der Waals surface area contributed by atoms with Gasteiger partial charge in [0.1, 0.15) is 12.4 Å². The molecule has 8 nitrogen and oxygen atoms in total. The smallest absolute Gasteiger partial charge is 0.416 e. The highest BCUT2D eigenvalue weighted by Crippen LogP contribution is 2.40. The van der Waals surface area contributed by atoms with E-state index < -0.39 is 29.8 Å². The molecule has 3 rings (SSSR count). The number of benzene rings is 2. The first-order chi connectivity index (χ1) is 16.6. The summed E-state index contributed by atoms with van der Waals surface area (Å²) in [4.78, 5) is 27.0. The van der Waals surface area contributed by atoms with Crippen molar-refractivity contribution < 1.29 is 41.7 Å². The third-order valence-corrected chi connectivity index (χ3v) is 5.35. The monoisotopic (exact) mass is 494 g/mol. The van der Waals surface area contributed by atoms with Gasteiger partial charge in [-0.1, -0.05) is 18.2 Å². The molecular formula is C24H25F3N2O6. The number of hydrogen-bond donors (Lipinski definition) is 1. The number of para-hydroxylation sites is 1. The molecule has 0 saturated heterocycles. The average molecular weight is 494 g/mol. The van der Waals surface area contributed by atoms with Crippen molar-refractivity contribution in [3.8, 4) is 17.2 Å². The summed E-state index contributed by atoms with van der Waals surface area (Å²) in [5.74, 6) is -0.129. The van der Waals surface area contributed by atoms with E-state index in [1.54, 1.807) is 25.1 Å². The number of halogens is 3. The zero-order chi connectivity index (χ0) is 25.8. The first kappa shape index (κ1) is 25.7. The summed E-state index contributed by atoms with van der Waals surface area (Å²) in [5.41, 5.74) is -0.289. The van der Waals surface area contributed by atoms with Gasteiger partial charge in [-0.05, 0) is 31.2 Å².